The molecule has 0 aromatic heterocycles. The SMILES string of the molecule is OCCC1CN(Cc2ccc3c(c2)OCCO3)CCN1CCc1ccccc1. The fourth-order valence-corrected chi connectivity index (χ4v) is 4.18. The van der Waals surface area contributed by atoms with Gasteiger partial charge in [-0.25, -0.2) is 0 Å². The van der Waals surface area contributed by atoms with Gasteiger partial charge in [-0.05, 0) is 36.1 Å². The van der Waals surface area contributed by atoms with E-state index < -0.39 is 0 Å². The van der Waals surface area contributed by atoms with Gasteiger partial charge in [0.1, 0.15) is 13.2 Å². The van der Waals surface area contributed by atoms with Crippen molar-refractivity contribution in [2.45, 2.75) is 25.4 Å². The van der Waals surface area contributed by atoms with Gasteiger partial charge in [0, 0.05) is 45.4 Å². The van der Waals surface area contributed by atoms with Gasteiger partial charge in [-0.3, -0.25) is 9.80 Å². The van der Waals surface area contributed by atoms with Gasteiger partial charge >= 0.3 is 0 Å². The minimum Gasteiger partial charge on any atom is -0.486 e. The van der Waals surface area contributed by atoms with E-state index in [9.17, 15) is 5.11 Å². The van der Waals surface area contributed by atoms with Crippen molar-refractivity contribution in [1.82, 2.24) is 9.80 Å². The Morgan fingerprint density at radius 3 is 2.57 bits per heavy atom. The highest BCUT2D eigenvalue weighted by Gasteiger charge is 2.26. The van der Waals surface area contributed by atoms with Gasteiger partial charge < -0.3 is 14.6 Å². The van der Waals surface area contributed by atoms with Crippen molar-refractivity contribution in [3.8, 4) is 11.5 Å². The third kappa shape index (κ3) is 4.85. The summed E-state index contributed by atoms with van der Waals surface area (Å²) in [5.74, 6) is 1.70. The molecule has 1 atom stereocenters. The van der Waals surface area contributed by atoms with Crippen LogP contribution in [0.1, 0.15) is 17.5 Å². The maximum atomic E-state index is 9.55. The van der Waals surface area contributed by atoms with Crippen molar-refractivity contribution >= 4 is 0 Å². The Morgan fingerprint density at radius 1 is 0.929 bits per heavy atom. The standard InChI is InChI=1S/C23H30N2O3/c26-13-9-21-18-24(11-12-25(21)10-8-19-4-2-1-3-5-19)17-20-6-7-22-23(16-20)28-15-14-27-22/h1-7,16,21,26H,8-15,17-18H2. The van der Waals surface area contributed by atoms with Crippen LogP contribution in [-0.4, -0.2) is 66.9 Å². The molecule has 2 heterocycles. The van der Waals surface area contributed by atoms with Gasteiger partial charge in [0.2, 0.25) is 0 Å². The number of benzene rings is 2. The lowest BCUT2D eigenvalue weighted by molar-refractivity contribution is 0.0561. The van der Waals surface area contributed by atoms with E-state index in [2.05, 4.69) is 52.3 Å². The first-order valence-electron chi connectivity index (χ1n) is 10.3. The molecule has 0 radical (unpaired) electrons. The molecule has 2 aromatic carbocycles. The van der Waals surface area contributed by atoms with Gasteiger partial charge in [0.15, 0.2) is 11.5 Å². The second kappa shape index (κ2) is 9.41. The summed E-state index contributed by atoms with van der Waals surface area (Å²) in [5.41, 5.74) is 2.63. The zero-order valence-electron chi connectivity index (χ0n) is 16.4. The second-order valence-electron chi connectivity index (χ2n) is 7.65. The summed E-state index contributed by atoms with van der Waals surface area (Å²) >= 11 is 0. The molecule has 1 fully saturated rings. The van der Waals surface area contributed by atoms with E-state index >= 15 is 0 Å². The average molecular weight is 383 g/mol. The highest BCUT2D eigenvalue weighted by Crippen LogP contribution is 2.31. The number of hydrogen-bond donors (Lipinski definition) is 1. The van der Waals surface area contributed by atoms with Gasteiger partial charge in [0.25, 0.3) is 0 Å². The molecule has 5 heteroatoms. The molecule has 150 valence electrons. The third-order valence-corrected chi connectivity index (χ3v) is 5.69. The van der Waals surface area contributed by atoms with Crippen molar-refractivity contribution < 1.29 is 14.6 Å². The van der Waals surface area contributed by atoms with Crippen LogP contribution in [0, 0.1) is 0 Å². The average Bonchev–Trinajstić information content (AvgIpc) is 2.74. The van der Waals surface area contributed by atoms with E-state index in [-0.39, 0.29) is 6.61 Å². The lowest BCUT2D eigenvalue weighted by Crippen LogP contribution is -2.53. The zero-order chi connectivity index (χ0) is 19.2. The number of rotatable bonds is 7. The molecule has 4 rings (SSSR count). The molecule has 2 aromatic rings. The molecule has 0 amide bonds. The minimum atomic E-state index is 0.240. The van der Waals surface area contributed by atoms with E-state index in [1.54, 1.807) is 0 Å². The Hall–Kier alpha value is -2.08. The van der Waals surface area contributed by atoms with Crippen LogP contribution in [0.15, 0.2) is 48.5 Å². The molecule has 2 aliphatic heterocycles. The zero-order valence-corrected chi connectivity index (χ0v) is 16.4. The fraction of sp³-hybridized carbons (Fsp3) is 0.478. The third-order valence-electron chi connectivity index (χ3n) is 5.69. The quantitative estimate of drug-likeness (QED) is 0.797. The molecule has 28 heavy (non-hydrogen) atoms. The van der Waals surface area contributed by atoms with Gasteiger partial charge in [-0.1, -0.05) is 36.4 Å². The van der Waals surface area contributed by atoms with E-state index in [1.165, 1.54) is 11.1 Å². The van der Waals surface area contributed by atoms with Crippen molar-refractivity contribution in [1.29, 1.82) is 0 Å². The molecule has 0 aliphatic carbocycles. The van der Waals surface area contributed by atoms with Crippen molar-refractivity contribution in [2.75, 3.05) is 46.0 Å². The van der Waals surface area contributed by atoms with E-state index in [1.807, 2.05) is 6.07 Å². The Bertz CT molecular complexity index is 753. The van der Waals surface area contributed by atoms with Gasteiger partial charge in [0.05, 0.1) is 0 Å². The molecule has 1 unspecified atom stereocenters. The van der Waals surface area contributed by atoms with Crippen molar-refractivity contribution in [2.24, 2.45) is 0 Å². The molecule has 0 saturated carbocycles. The highest BCUT2D eigenvalue weighted by molar-refractivity contribution is 5.43. The molecule has 1 N–H and O–H groups in total. The largest absolute Gasteiger partial charge is 0.486 e. The van der Waals surface area contributed by atoms with Crippen LogP contribution >= 0.6 is 0 Å². The van der Waals surface area contributed by atoms with E-state index in [0.29, 0.717) is 19.3 Å². The molecule has 0 spiro atoms. The maximum Gasteiger partial charge on any atom is 0.161 e. The number of fused-ring (bicyclic) bond motifs is 1. The lowest BCUT2D eigenvalue weighted by atomic mass is 10.1. The number of nitrogens with zero attached hydrogens (tertiary/aromatic N) is 2. The number of aliphatic hydroxyl groups is 1. The van der Waals surface area contributed by atoms with E-state index in [0.717, 1.165) is 57.1 Å². The molecule has 0 bridgehead atoms. The predicted molar refractivity (Wildman–Crippen MR) is 110 cm³/mol. The Kier molecular flexibility index (Phi) is 6.47. The van der Waals surface area contributed by atoms with Crippen LogP contribution in [0.4, 0.5) is 0 Å². The van der Waals surface area contributed by atoms with Gasteiger partial charge in [-0.2, -0.15) is 0 Å². The van der Waals surface area contributed by atoms with Crippen LogP contribution in [0.25, 0.3) is 0 Å². The van der Waals surface area contributed by atoms with E-state index in [4.69, 9.17) is 9.47 Å². The van der Waals surface area contributed by atoms with Crippen molar-refractivity contribution in [3.63, 3.8) is 0 Å². The van der Waals surface area contributed by atoms with Gasteiger partial charge in [-0.15, -0.1) is 0 Å². The summed E-state index contributed by atoms with van der Waals surface area (Å²) in [4.78, 5) is 5.04. The topological polar surface area (TPSA) is 45.2 Å². The Labute approximate surface area is 167 Å². The van der Waals surface area contributed by atoms with Crippen LogP contribution in [0.3, 0.4) is 0 Å². The highest BCUT2D eigenvalue weighted by atomic mass is 16.6. The predicted octanol–water partition coefficient (Wildman–Crippen LogP) is 2.57. The maximum absolute atomic E-state index is 9.55. The molecule has 2 aliphatic rings. The number of ether oxygens (including phenoxy) is 2. The Morgan fingerprint density at radius 2 is 1.75 bits per heavy atom. The summed E-state index contributed by atoms with van der Waals surface area (Å²) in [6.07, 6.45) is 1.89. The summed E-state index contributed by atoms with van der Waals surface area (Å²) < 4.78 is 11.3. The van der Waals surface area contributed by atoms with Crippen LogP contribution in [-0.2, 0) is 13.0 Å². The number of piperazine rings is 1. The summed E-state index contributed by atoms with van der Waals surface area (Å²) in [7, 11) is 0. The fourth-order valence-electron chi connectivity index (χ4n) is 4.18. The summed E-state index contributed by atoms with van der Waals surface area (Å²) in [5, 5.41) is 9.55. The van der Waals surface area contributed by atoms with Crippen molar-refractivity contribution in [3.05, 3.63) is 59.7 Å². The number of aliphatic hydroxyl groups excluding tert-OH is 1. The molecule has 5 nitrogen and oxygen atoms in total. The van der Waals surface area contributed by atoms with Crippen LogP contribution in [0.2, 0.25) is 0 Å². The summed E-state index contributed by atoms with van der Waals surface area (Å²) in [6, 6.07) is 17.3. The molecular formula is C23H30N2O3. The number of hydrogen-bond acceptors (Lipinski definition) is 5. The molecular weight excluding hydrogens is 352 g/mol. The van der Waals surface area contributed by atoms with Crippen LogP contribution in [0.5, 0.6) is 11.5 Å². The Balaban J connectivity index is 1.34. The first-order valence-corrected chi connectivity index (χ1v) is 10.3. The smallest absolute Gasteiger partial charge is 0.161 e. The minimum absolute atomic E-state index is 0.240. The first kappa shape index (κ1) is 19.2. The normalized spacial score (nSPS) is 20.2. The lowest BCUT2D eigenvalue weighted by Gasteiger charge is -2.41. The second-order valence-corrected chi connectivity index (χ2v) is 7.65. The first-order chi connectivity index (χ1) is 13.8. The van der Waals surface area contributed by atoms with Crippen LogP contribution < -0.4 is 9.47 Å². The monoisotopic (exact) mass is 382 g/mol. The molecule has 1 saturated heterocycles. The summed E-state index contributed by atoms with van der Waals surface area (Å²) in [6.45, 7) is 6.52.